The largest absolute Gasteiger partial charge is 0.496 e. The van der Waals surface area contributed by atoms with Crippen molar-refractivity contribution in [2.24, 2.45) is 0 Å². The summed E-state index contributed by atoms with van der Waals surface area (Å²) in [4.78, 5) is 25.2. The van der Waals surface area contributed by atoms with E-state index in [2.05, 4.69) is 29.7 Å². The van der Waals surface area contributed by atoms with Gasteiger partial charge in [0, 0.05) is 18.0 Å². The Bertz CT molecular complexity index is 879. The zero-order chi connectivity index (χ0) is 20.6. The zero-order valence-electron chi connectivity index (χ0n) is 16.7. The summed E-state index contributed by atoms with van der Waals surface area (Å²) in [5.41, 5.74) is 2.81. The smallest absolute Gasteiger partial charge is 0.265 e. The van der Waals surface area contributed by atoms with E-state index in [9.17, 15) is 9.59 Å². The molecule has 29 heavy (non-hydrogen) atoms. The summed E-state index contributed by atoms with van der Waals surface area (Å²) in [7, 11) is 0. The Morgan fingerprint density at radius 3 is 2.52 bits per heavy atom. The molecule has 5 nitrogen and oxygen atoms in total. The molecule has 0 aromatic heterocycles. The lowest BCUT2D eigenvalue weighted by Gasteiger charge is -2.17. The van der Waals surface area contributed by atoms with Gasteiger partial charge in [0.05, 0.1) is 13.0 Å². The third-order valence-corrected chi connectivity index (χ3v) is 5.86. The highest BCUT2D eigenvalue weighted by Crippen LogP contribution is 2.26. The highest BCUT2D eigenvalue weighted by molar-refractivity contribution is 8.04. The second-order valence-corrected chi connectivity index (χ2v) is 8.13. The van der Waals surface area contributed by atoms with E-state index in [0.717, 1.165) is 11.3 Å². The van der Waals surface area contributed by atoms with Crippen LogP contribution in [0.5, 0.6) is 0 Å². The SMILES string of the molecule is CC1=C(C(=O)Nc2ccc(CC(=O)NC[C@H](C)c3ccccc3)cc2)SCCO1. The molecule has 6 heteroatoms. The van der Waals surface area contributed by atoms with E-state index >= 15 is 0 Å². The topological polar surface area (TPSA) is 67.4 Å². The standard InChI is InChI=1S/C23H26N2O3S/c1-16(19-6-4-3-5-7-19)15-24-21(26)14-18-8-10-20(11-9-18)25-23(27)22-17(2)28-12-13-29-22/h3-11,16H,12-15H2,1-2H3,(H,24,26)(H,25,27)/t16-/m0/s1. The molecule has 3 rings (SSSR count). The number of hydrogen-bond acceptors (Lipinski definition) is 4. The van der Waals surface area contributed by atoms with Crippen LogP contribution in [-0.2, 0) is 20.7 Å². The fraction of sp³-hybridized carbons (Fsp3) is 0.304. The van der Waals surface area contributed by atoms with E-state index in [1.807, 2.05) is 42.5 Å². The predicted molar refractivity (Wildman–Crippen MR) is 118 cm³/mol. The number of thioether (sulfide) groups is 1. The van der Waals surface area contributed by atoms with Crippen molar-refractivity contribution in [2.75, 3.05) is 24.2 Å². The molecule has 0 unspecified atom stereocenters. The van der Waals surface area contributed by atoms with Crippen molar-refractivity contribution >= 4 is 29.3 Å². The lowest BCUT2D eigenvalue weighted by Crippen LogP contribution is -2.28. The minimum atomic E-state index is -0.160. The quantitative estimate of drug-likeness (QED) is 0.722. The minimum Gasteiger partial charge on any atom is -0.496 e. The molecule has 1 aliphatic rings. The number of anilines is 1. The molecule has 0 saturated carbocycles. The minimum absolute atomic E-state index is 0.0129. The number of carbonyl (C=O) groups excluding carboxylic acids is 2. The number of carbonyl (C=O) groups is 2. The first-order valence-corrected chi connectivity index (χ1v) is 10.7. The van der Waals surface area contributed by atoms with Crippen LogP contribution in [-0.4, -0.2) is 30.7 Å². The molecule has 152 valence electrons. The summed E-state index contributed by atoms with van der Waals surface area (Å²) in [6.07, 6.45) is 0.309. The van der Waals surface area contributed by atoms with Crippen molar-refractivity contribution in [2.45, 2.75) is 26.2 Å². The Hall–Kier alpha value is -2.73. The lowest BCUT2D eigenvalue weighted by molar-refractivity contribution is -0.120. The van der Waals surface area contributed by atoms with Gasteiger partial charge in [0.2, 0.25) is 5.91 Å². The lowest BCUT2D eigenvalue weighted by atomic mass is 10.0. The first-order chi connectivity index (χ1) is 14.0. The average molecular weight is 411 g/mol. The Balaban J connectivity index is 1.48. The van der Waals surface area contributed by atoms with Crippen LogP contribution in [0.25, 0.3) is 0 Å². The van der Waals surface area contributed by atoms with E-state index < -0.39 is 0 Å². The Morgan fingerprint density at radius 2 is 1.83 bits per heavy atom. The molecule has 0 fully saturated rings. The van der Waals surface area contributed by atoms with E-state index in [0.29, 0.717) is 35.9 Å². The van der Waals surface area contributed by atoms with Crippen LogP contribution in [0.2, 0.25) is 0 Å². The third-order valence-electron chi connectivity index (χ3n) is 4.72. The first kappa shape index (κ1) is 21.0. The van der Waals surface area contributed by atoms with Gasteiger partial charge in [-0.3, -0.25) is 9.59 Å². The Labute approximate surface area is 175 Å². The summed E-state index contributed by atoms with van der Waals surface area (Å²) >= 11 is 1.51. The van der Waals surface area contributed by atoms with Crippen molar-refractivity contribution < 1.29 is 14.3 Å². The first-order valence-electron chi connectivity index (χ1n) is 9.71. The molecule has 1 atom stereocenters. The van der Waals surface area contributed by atoms with E-state index in [4.69, 9.17) is 4.74 Å². The molecule has 0 bridgehead atoms. The number of amides is 2. The van der Waals surface area contributed by atoms with Gasteiger partial charge in [-0.25, -0.2) is 0 Å². The summed E-state index contributed by atoms with van der Waals surface area (Å²) in [5.74, 6) is 1.53. The second-order valence-electron chi connectivity index (χ2n) is 7.03. The van der Waals surface area contributed by atoms with E-state index in [1.165, 1.54) is 17.3 Å². The molecule has 1 heterocycles. The maximum Gasteiger partial charge on any atom is 0.265 e. The molecule has 0 saturated heterocycles. The highest BCUT2D eigenvalue weighted by Gasteiger charge is 2.18. The second kappa shape index (κ2) is 10.2. The van der Waals surface area contributed by atoms with Crippen LogP contribution in [0.15, 0.2) is 65.3 Å². The zero-order valence-corrected chi connectivity index (χ0v) is 17.6. The molecular formula is C23H26N2O3S. The van der Waals surface area contributed by atoms with Crippen molar-refractivity contribution in [3.63, 3.8) is 0 Å². The number of allylic oxidation sites excluding steroid dienone is 1. The fourth-order valence-electron chi connectivity index (χ4n) is 3.04. The van der Waals surface area contributed by atoms with Gasteiger partial charge in [-0.05, 0) is 36.1 Å². The molecule has 0 aliphatic carbocycles. The molecule has 0 radical (unpaired) electrons. The average Bonchev–Trinajstić information content (AvgIpc) is 2.74. The molecule has 1 aliphatic heterocycles. The predicted octanol–water partition coefficient (Wildman–Crippen LogP) is 4.08. The maximum absolute atomic E-state index is 12.4. The molecular weight excluding hydrogens is 384 g/mol. The summed E-state index contributed by atoms with van der Waals surface area (Å²) in [6.45, 7) is 5.14. The number of ether oxygens (including phenoxy) is 1. The number of benzene rings is 2. The van der Waals surface area contributed by atoms with Crippen LogP contribution in [0.1, 0.15) is 30.9 Å². The molecule has 2 aromatic rings. The summed E-state index contributed by atoms with van der Waals surface area (Å²) < 4.78 is 5.43. The van der Waals surface area contributed by atoms with Gasteiger partial charge in [0.15, 0.2) is 0 Å². The van der Waals surface area contributed by atoms with Gasteiger partial charge in [-0.2, -0.15) is 0 Å². The monoisotopic (exact) mass is 410 g/mol. The van der Waals surface area contributed by atoms with Crippen LogP contribution < -0.4 is 10.6 Å². The van der Waals surface area contributed by atoms with Gasteiger partial charge >= 0.3 is 0 Å². The number of nitrogens with one attached hydrogen (secondary N) is 2. The molecule has 2 amide bonds. The number of hydrogen-bond donors (Lipinski definition) is 2. The molecule has 0 spiro atoms. The third kappa shape index (κ3) is 6.12. The number of rotatable bonds is 7. The molecule has 2 aromatic carbocycles. The van der Waals surface area contributed by atoms with Gasteiger partial charge in [-0.15, -0.1) is 11.8 Å². The van der Waals surface area contributed by atoms with Gasteiger partial charge in [0.25, 0.3) is 5.91 Å². The molecule has 2 N–H and O–H groups in total. The van der Waals surface area contributed by atoms with Crippen molar-refractivity contribution in [3.8, 4) is 0 Å². The van der Waals surface area contributed by atoms with Gasteiger partial charge in [0.1, 0.15) is 10.7 Å². The maximum atomic E-state index is 12.4. The van der Waals surface area contributed by atoms with Crippen molar-refractivity contribution in [1.82, 2.24) is 5.32 Å². The summed E-state index contributed by atoms with van der Waals surface area (Å²) in [6, 6.07) is 17.5. The van der Waals surface area contributed by atoms with Crippen LogP contribution >= 0.6 is 11.8 Å². The van der Waals surface area contributed by atoms with Gasteiger partial charge < -0.3 is 15.4 Å². The Morgan fingerprint density at radius 1 is 1.10 bits per heavy atom. The van der Waals surface area contributed by atoms with E-state index in [1.54, 1.807) is 6.92 Å². The van der Waals surface area contributed by atoms with Crippen molar-refractivity contribution in [1.29, 1.82) is 0 Å². The van der Waals surface area contributed by atoms with E-state index in [-0.39, 0.29) is 17.7 Å². The van der Waals surface area contributed by atoms with Crippen LogP contribution in [0, 0.1) is 0 Å². The summed E-state index contributed by atoms with van der Waals surface area (Å²) in [5, 5.41) is 5.88. The van der Waals surface area contributed by atoms with Crippen LogP contribution in [0.4, 0.5) is 5.69 Å². The fourth-order valence-corrected chi connectivity index (χ4v) is 3.85. The van der Waals surface area contributed by atoms with Gasteiger partial charge in [-0.1, -0.05) is 49.4 Å². The highest BCUT2D eigenvalue weighted by atomic mass is 32.2. The Kier molecular flexibility index (Phi) is 7.36. The normalized spacial score (nSPS) is 14.7. The van der Waals surface area contributed by atoms with Crippen molar-refractivity contribution in [3.05, 3.63) is 76.4 Å². The van der Waals surface area contributed by atoms with Crippen LogP contribution in [0.3, 0.4) is 0 Å².